The zero-order valence-corrected chi connectivity index (χ0v) is 11.9. The summed E-state index contributed by atoms with van der Waals surface area (Å²) in [6.45, 7) is 9.99. The molecule has 2 atom stereocenters. The van der Waals surface area contributed by atoms with Crippen molar-refractivity contribution in [1.29, 1.82) is 0 Å². The van der Waals surface area contributed by atoms with Gasteiger partial charge in [-0.05, 0) is 50.9 Å². The Hall–Kier alpha value is -0.800. The van der Waals surface area contributed by atoms with Crippen molar-refractivity contribution in [2.45, 2.75) is 52.2 Å². The molecule has 0 radical (unpaired) electrons. The fourth-order valence-corrected chi connectivity index (χ4v) is 2.32. The molecule has 0 aromatic carbocycles. The minimum atomic E-state index is 0.575. The SMILES string of the molecule is CCN(Cc1ccco1)C(C)C(C)CNC1CC1. The number of furan rings is 1. The quantitative estimate of drug-likeness (QED) is 0.769. The van der Waals surface area contributed by atoms with Crippen LogP contribution in [0.5, 0.6) is 0 Å². The van der Waals surface area contributed by atoms with Crippen LogP contribution in [0.1, 0.15) is 39.4 Å². The standard InChI is InChI=1S/C15H26N2O/c1-4-17(11-15-6-5-9-18-15)13(3)12(2)10-16-14-7-8-14/h5-6,9,12-14,16H,4,7-8,10-11H2,1-3H3. The molecular weight excluding hydrogens is 224 g/mol. The van der Waals surface area contributed by atoms with Gasteiger partial charge in [0.15, 0.2) is 0 Å². The number of rotatable bonds is 8. The van der Waals surface area contributed by atoms with Crippen LogP contribution >= 0.6 is 0 Å². The summed E-state index contributed by atoms with van der Waals surface area (Å²) in [5.41, 5.74) is 0. The highest BCUT2D eigenvalue weighted by Crippen LogP contribution is 2.20. The molecule has 3 heteroatoms. The van der Waals surface area contributed by atoms with E-state index in [1.807, 2.05) is 6.07 Å². The molecule has 1 aromatic rings. The highest BCUT2D eigenvalue weighted by Gasteiger charge is 2.24. The average Bonchev–Trinajstić information content (AvgIpc) is 3.07. The molecule has 0 bridgehead atoms. The molecule has 1 aliphatic rings. The molecule has 1 aliphatic carbocycles. The predicted octanol–water partition coefficient (Wildman–Crippen LogP) is 2.88. The molecule has 0 aliphatic heterocycles. The third kappa shape index (κ3) is 3.85. The van der Waals surface area contributed by atoms with Crippen molar-refractivity contribution in [2.24, 2.45) is 5.92 Å². The van der Waals surface area contributed by atoms with Gasteiger partial charge in [-0.1, -0.05) is 13.8 Å². The summed E-state index contributed by atoms with van der Waals surface area (Å²) in [7, 11) is 0. The van der Waals surface area contributed by atoms with E-state index in [9.17, 15) is 0 Å². The Morgan fingerprint density at radius 2 is 2.22 bits per heavy atom. The van der Waals surface area contributed by atoms with Crippen LogP contribution in [0.25, 0.3) is 0 Å². The van der Waals surface area contributed by atoms with Gasteiger partial charge in [0.1, 0.15) is 5.76 Å². The average molecular weight is 250 g/mol. The first-order chi connectivity index (χ1) is 8.70. The number of hydrogen-bond acceptors (Lipinski definition) is 3. The Balaban J connectivity index is 1.80. The lowest BCUT2D eigenvalue weighted by Crippen LogP contribution is -2.41. The molecule has 0 amide bonds. The second kappa shape index (κ2) is 6.39. The molecule has 0 saturated heterocycles. The molecule has 1 N–H and O–H groups in total. The van der Waals surface area contributed by atoms with Gasteiger partial charge >= 0.3 is 0 Å². The minimum absolute atomic E-state index is 0.575. The van der Waals surface area contributed by atoms with Crippen molar-refractivity contribution in [2.75, 3.05) is 13.1 Å². The van der Waals surface area contributed by atoms with Gasteiger partial charge < -0.3 is 9.73 Å². The van der Waals surface area contributed by atoms with Gasteiger partial charge in [0.2, 0.25) is 0 Å². The first kappa shape index (κ1) is 13.6. The van der Waals surface area contributed by atoms with Crippen LogP contribution in [0.15, 0.2) is 22.8 Å². The van der Waals surface area contributed by atoms with E-state index in [1.54, 1.807) is 6.26 Å². The topological polar surface area (TPSA) is 28.4 Å². The lowest BCUT2D eigenvalue weighted by molar-refractivity contribution is 0.148. The third-order valence-corrected chi connectivity index (χ3v) is 4.05. The minimum Gasteiger partial charge on any atom is -0.468 e. The van der Waals surface area contributed by atoms with Gasteiger partial charge in [-0.15, -0.1) is 0 Å². The summed E-state index contributed by atoms with van der Waals surface area (Å²) in [6, 6.07) is 5.40. The zero-order valence-electron chi connectivity index (χ0n) is 11.9. The van der Waals surface area contributed by atoms with Gasteiger partial charge in [-0.2, -0.15) is 0 Å². The van der Waals surface area contributed by atoms with E-state index in [0.29, 0.717) is 12.0 Å². The van der Waals surface area contributed by atoms with Crippen LogP contribution in [0.4, 0.5) is 0 Å². The van der Waals surface area contributed by atoms with Crippen LogP contribution in [-0.2, 0) is 6.54 Å². The molecule has 2 rings (SSSR count). The van der Waals surface area contributed by atoms with Gasteiger partial charge in [0.05, 0.1) is 12.8 Å². The molecule has 1 heterocycles. The molecular formula is C15H26N2O. The van der Waals surface area contributed by atoms with Crippen molar-refractivity contribution in [3.8, 4) is 0 Å². The maximum atomic E-state index is 5.45. The maximum absolute atomic E-state index is 5.45. The monoisotopic (exact) mass is 250 g/mol. The van der Waals surface area contributed by atoms with Gasteiger partial charge in [-0.25, -0.2) is 0 Å². The summed E-state index contributed by atoms with van der Waals surface area (Å²) < 4.78 is 5.45. The highest BCUT2D eigenvalue weighted by molar-refractivity contribution is 4.98. The predicted molar refractivity (Wildman–Crippen MR) is 74.4 cm³/mol. The van der Waals surface area contributed by atoms with Crippen LogP contribution in [0.3, 0.4) is 0 Å². The van der Waals surface area contributed by atoms with Gasteiger partial charge in [0, 0.05) is 12.1 Å². The molecule has 18 heavy (non-hydrogen) atoms. The van der Waals surface area contributed by atoms with Crippen LogP contribution in [-0.4, -0.2) is 30.1 Å². The van der Waals surface area contributed by atoms with E-state index < -0.39 is 0 Å². The second-order valence-electron chi connectivity index (χ2n) is 5.54. The third-order valence-electron chi connectivity index (χ3n) is 4.05. The molecule has 1 aromatic heterocycles. The van der Waals surface area contributed by atoms with Gasteiger partial charge in [-0.3, -0.25) is 4.90 Å². The largest absolute Gasteiger partial charge is 0.468 e. The Morgan fingerprint density at radius 1 is 1.44 bits per heavy atom. The highest BCUT2D eigenvalue weighted by atomic mass is 16.3. The fourth-order valence-electron chi connectivity index (χ4n) is 2.32. The Morgan fingerprint density at radius 3 is 2.78 bits per heavy atom. The number of nitrogens with one attached hydrogen (secondary N) is 1. The maximum Gasteiger partial charge on any atom is 0.117 e. The Kier molecular flexibility index (Phi) is 4.84. The summed E-state index contributed by atoms with van der Waals surface area (Å²) in [5, 5.41) is 3.62. The van der Waals surface area contributed by atoms with Crippen molar-refractivity contribution in [3.05, 3.63) is 24.2 Å². The van der Waals surface area contributed by atoms with Crippen molar-refractivity contribution >= 4 is 0 Å². The summed E-state index contributed by atoms with van der Waals surface area (Å²) in [4.78, 5) is 2.48. The van der Waals surface area contributed by atoms with E-state index >= 15 is 0 Å². The first-order valence-electron chi connectivity index (χ1n) is 7.20. The second-order valence-corrected chi connectivity index (χ2v) is 5.54. The van der Waals surface area contributed by atoms with Crippen LogP contribution < -0.4 is 5.32 Å². The first-order valence-corrected chi connectivity index (χ1v) is 7.20. The zero-order chi connectivity index (χ0) is 13.0. The van der Waals surface area contributed by atoms with Crippen molar-refractivity contribution in [3.63, 3.8) is 0 Å². The summed E-state index contributed by atoms with van der Waals surface area (Å²) in [5.74, 6) is 1.73. The van der Waals surface area contributed by atoms with Gasteiger partial charge in [0.25, 0.3) is 0 Å². The molecule has 0 spiro atoms. The smallest absolute Gasteiger partial charge is 0.117 e. The van der Waals surface area contributed by atoms with Crippen molar-refractivity contribution in [1.82, 2.24) is 10.2 Å². The van der Waals surface area contributed by atoms with E-state index in [2.05, 4.69) is 37.1 Å². The molecule has 102 valence electrons. The Bertz CT molecular complexity index is 332. The van der Waals surface area contributed by atoms with Crippen LogP contribution in [0, 0.1) is 5.92 Å². The van der Waals surface area contributed by atoms with Crippen LogP contribution in [0.2, 0.25) is 0 Å². The molecule has 2 unspecified atom stereocenters. The number of hydrogen-bond donors (Lipinski definition) is 1. The van der Waals surface area contributed by atoms with E-state index in [0.717, 1.165) is 31.4 Å². The molecule has 1 saturated carbocycles. The number of nitrogens with zero attached hydrogens (tertiary/aromatic N) is 1. The Labute approximate surface area is 111 Å². The lowest BCUT2D eigenvalue weighted by Gasteiger charge is -2.31. The summed E-state index contributed by atoms with van der Waals surface area (Å²) >= 11 is 0. The molecule has 1 fully saturated rings. The lowest BCUT2D eigenvalue weighted by atomic mass is 10.0. The van der Waals surface area contributed by atoms with E-state index in [-0.39, 0.29) is 0 Å². The normalized spacial score (nSPS) is 19.1. The van der Waals surface area contributed by atoms with E-state index in [1.165, 1.54) is 12.8 Å². The molecule has 3 nitrogen and oxygen atoms in total. The van der Waals surface area contributed by atoms with E-state index in [4.69, 9.17) is 4.42 Å². The van der Waals surface area contributed by atoms with Crippen molar-refractivity contribution < 1.29 is 4.42 Å². The fraction of sp³-hybridized carbons (Fsp3) is 0.733. The summed E-state index contributed by atoms with van der Waals surface area (Å²) in [6.07, 6.45) is 4.49.